The minimum absolute atomic E-state index is 0.0117. The smallest absolute Gasteiger partial charge is 0.186 e. The molecule has 0 aliphatic heterocycles. The summed E-state index contributed by atoms with van der Waals surface area (Å²) in [4.78, 5) is 21.3. The van der Waals surface area contributed by atoms with E-state index in [0.29, 0.717) is 18.5 Å². The van der Waals surface area contributed by atoms with Gasteiger partial charge in [-0.25, -0.2) is 4.39 Å². The fraction of sp³-hybridized carbons (Fsp3) is 0.133. The van der Waals surface area contributed by atoms with Gasteiger partial charge >= 0.3 is 0 Å². The Labute approximate surface area is 203 Å². The van der Waals surface area contributed by atoms with Crippen LogP contribution in [0, 0.1) is 12.7 Å². The molecule has 0 radical (unpaired) electrons. The number of aromatic nitrogens is 2. The van der Waals surface area contributed by atoms with Crippen LogP contribution in [0.25, 0.3) is 22.0 Å². The lowest BCUT2D eigenvalue weighted by atomic mass is 9.94. The van der Waals surface area contributed by atoms with Gasteiger partial charge in [-0.1, -0.05) is 54.6 Å². The molecule has 4 nitrogen and oxygen atoms in total. The average molecular weight is 464 g/mol. The van der Waals surface area contributed by atoms with Crippen molar-refractivity contribution in [3.8, 4) is 11.1 Å². The number of carbonyl (C=O) groups excluding carboxylic acids is 1. The number of benzene rings is 3. The van der Waals surface area contributed by atoms with Crippen LogP contribution in [0.3, 0.4) is 0 Å². The van der Waals surface area contributed by atoms with E-state index in [1.54, 1.807) is 24.5 Å². The number of halogens is 1. The number of rotatable bonds is 8. The van der Waals surface area contributed by atoms with Gasteiger partial charge in [-0.3, -0.25) is 9.78 Å². The molecule has 2 aromatic heterocycles. The lowest BCUT2D eigenvalue weighted by Crippen LogP contribution is -2.30. The Balaban J connectivity index is 1.44. The van der Waals surface area contributed by atoms with Crippen molar-refractivity contribution in [2.24, 2.45) is 0 Å². The molecule has 0 spiro atoms. The number of Topliss-reactive ketones (excluding diaryl/α,β-unsaturated/α-hetero) is 1. The number of aromatic amines is 1. The number of fused-ring (bicyclic) bond motifs is 1. The van der Waals surface area contributed by atoms with Gasteiger partial charge in [-0.15, -0.1) is 0 Å². The van der Waals surface area contributed by atoms with Crippen LogP contribution in [-0.4, -0.2) is 22.3 Å². The van der Waals surface area contributed by atoms with Crippen molar-refractivity contribution >= 4 is 16.7 Å². The highest BCUT2D eigenvalue weighted by atomic mass is 19.1. The zero-order valence-corrected chi connectivity index (χ0v) is 19.5. The van der Waals surface area contributed by atoms with Crippen LogP contribution >= 0.6 is 0 Å². The molecule has 0 saturated heterocycles. The Morgan fingerprint density at radius 3 is 2.46 bits per heavy atom. The lowest BCUT2D eigenvalue weighted by Gasteiger charge is -2.18. The van der Waals surface area contributed by atoms with Crippen LogP contribution in [-0.2, 0) is 6.42 Å². The lowest BCUT2D eigenvalue weighted by molar-refractivity contribution is 0.0945. The predicted octanol–water partition coefficient (Wildman–Crippen LogP) is 6.43. The van der Waals surface area contributed by atoms with Crippen LogP contribution in [0.15, 0.2) is 97.5 Å². The molecule has 0 unspecified atom stereocenters. The van der Waals surface area contributed by atoms with Crippen LogP contribution in [0.1, 0.15) is 33.1 Å². The van der Waals surface area contributed by atoms with Crippen LogP contribution in [0.2, 0.25) is 0 Å². The quantitative estimate of drug-likeness (QED) is 0.261. The van der Waals surface area contributed by atoms with Crippen LogP contribution in [0.5, 0.6) is 0 Å². The first-order chi connectivity index (χ1) is 17.1. The molecule has 5 rings (SSSR count). The van der Waals surface area contributed by atoms with E-state index >= 15 is 0 Å². The summed E-state index contributed by atoms with van der Waals surface area (Å²) in [6.07, 6.45) is 6.07. The van der Waals surface area contributed by atoms with E-state index < -0.39 is 6.04 Å². The highest BCUT2D eigenvalue weighted by Gasteiger charge is 2.24. The Morgan fingerprint density at radius 1 is 0.971 bits per heavy atom. The zero-order valence-electron chi connectivity index (χ0n) is 19.5. The Hall–Kier alpha value is -4.09. The number of hydrogen-bond donors (Lipinski definition) is 2. The summed E-state index contributed by atoms with van der Waals surface area (Å²) in [5.41, 5.74) is 6.84. The third kappa shape index (κ3) is 4.77. The monoisotopic (exact) mass is 463 g/mol. The van der Waals surface area contributed by atoms with E-state index in [2.05, 4.69) is 28.3 Å². The normalized spacial score (nSPS) is 12.1. The Bertz CT molecular complexity index is 1440. The van der Waals surface area contributed by atoms with E-state index in [-0.39, 0.29) is 11.6 Å². The molecule has 174 valence electrons. The molecule has 2 heterocycles. The molecule has 35 heavy (non-hydrogen) atoms. The fourth-order valence-corrected chi connectivity index (χ4v) is 4.57. The molecule has 0 bridgehead atoms. The number of nitrogens with one attached hydrogen (secondary N) is 2. The number of aryl methyl sites for hydroxylation is 1. The molecular weight excluding hydrogens is 437 g/mol. The number of pyridine rings is 1. The second kappa shape index (κ2) is 10.0. The zero-order chi connectivity index (χ0) is 24.2. The summed E-state index contributed by atoms with van der Waals surface area (Å²) in [6, 6.07) is 23.8. The third-order valence-electron chi connectivity index (χ3n) is 6.44. The summed E-state index contributed by atoms with van der Waals surface area (Å²) in [7, 11) is 0. The Morgan fingerprint density at radius 2 is 1.71 bits per heavy atom. The number of carbonyl (C=O) groups is 1. The largest absolute Gasteiger partial charge is 0.360 e. The van der Waals surface area contributed by atoms with Gasteiger partial charge in [0.15, 0.2) is 5.78 Å². The van der Waals surface area contributed by atoms with Crippen molar-refractivity contribution in [2.75, 3.05) is 6.54 Å². The molecule has 0 aliphatic rings. The Kier molecular flexibility index (Phi) is 6.51. The molecule has 3 aromatic carbocycles. The minimum atomic E-state index is -0.490. The van der Waals surface area contributed by atoms with Crippen LogP contribution in [0.4, 0.5) is 4.39 Å². The van der Waals surface area contributed by atoms with E-state index in [4.69, 9.17) is 0 Å². The van der Waals surface area contributed by atoms with Crippen LogP contribution < -0.4 is 5.32 Å². The second-order valence-corrected chi connectivity index (χ2v) is 8.64. The maximum atomic E-state index is 13.8. The number of hydrogen-bond acceptors (Lipinski definition) is 3. The first kappa shape index (κ1) is 22.7. The van der Waals surface area contributed by atoms with Crippen molar-refractivity contribution < 1.29 is 9.18 Å². The summed E-state index contributed by atoms with van der Waals surface area (Å²) in [5, 5.41) is 4.35. The summed E-state index contributed by atoms with van der Waals surface area (Å²) >= 11 is 0. The maximum Gasteiger partial charge on any atom is 0.186 e. The summed E-state index contributed by atoms with van der Waals surface area (Å²) in [6.45, 7) is 2.66. The van der Waals surface area contributed by atoms with Gasteiger partial charge in [-0.05, 0) is 65.4 Å². The van der Waals surface area contributed by atoms with Crippen molar-refractivity contribution in [1.82, 2.24) is 15.3 Å². The highest BCUT2D eigenvalue weighted by molar-refractivity contribution is 6.11. The average Bonchev–Trinajstić information content (AvgIpc) is 3.34. The SMILES string of the molecule is Cc1c(-c2ccncc2)ccc2c(C(=O)[C@H](NCCc3ccc(F)cc3)c3ccccc3)c[nH]c12. The number of nitrogens with zero attached hydrogens (tertiary/aromatic N) is 1. The van der Waals surface area contributed by atoms with Gasteiger partial charge < -0.3 is 10.3 Å². The van der Waals surface area contributed by atoms with Crippen molar-refractivity contribution in [3.05, 3.63) is 126 Å². The first-order valence-corrected chi connectivity index (χ1v) is 11.7. The summed E-state index contributed by atoms with van der Waals surface area (Å²) in [5.74, 6) is -0.238. The van der Waals surface area contributed by atoms with Gasteiger partial charge in [0.05, 0.1) is 6.04 Å². The van der Waals surface area contributed by atoms with Crippen molar-refractivity contribution in [3.63, 3.8) is 0 Å². The van der Waals surface area contributed by atoms with Gasteiger partial charge in [-0.2, -0.15) is 0 Å². The molecule has 5 aromatic rings. The molecule has 2 N–H and O–H groups in total. The predicted molar refractivity (Wildman–Crippen MR) is 138 cm³/mol. The number of ketones is 1. The fourth-order valence-electron chi connectivity index (χ4n) is 4.57. The van der Waals surface area contributed by atoms with Gasteiger partial charge in [0.2, 0.25) is 0 Å². The second-order valence-electron chi connectivity index (χ2n) is 8.64. The van der Waals surface area contributed by atoms with E-state index in [1.165, 1.54) is 12.1 Å². The topological polar surface area (TPSA) is 57.8 Å². The van der Waals surface area contributed by atoms with Gasteiger partial charge in [0, 0.05) is 41.6 Å². The molecule has 0 aliphatic carbocycles. The maximum absolute atomic E-state index is 13.8. The molecule has 0 amide bonds. The standard InChI is InChI=1S/C30H26FN3O/c1-20-25(22-14-16-32-17-15-22)11-12-26-27(19-34-28(20)26)30(35)29(23-5-3-2-4-6-23)33-18-13-21-7-9-24(31)10-8-21/h2-12,14-17,19,29,33-34H,13,18H2,1H3/t29-/m1/s1. The molecule has 0 saturated carbocycles. The third-order valence-corrected chi connectivity index (χ3v) is 6.44. The van der Waals surface area contributed by atoms with Gasteiger partial charge in [0.25, 0.3) is 0 Å². The molecule has 5 heteroatoms. The van der Waals surface area contributed by atoms with E-state index in [0.717, 1.165) is 38.7 Å². The highest BCUT2D eigenvalue weighted by Crippen LogP contribution is 2.32. The molecular formula is C30H26FN3O. The first-order valence-electron chi connectivity index (χ1n) is 11.7. The summed E-state index contributed by atoms with van der Waals surface area (Å²) < 4.78 is 13.2. The minimum Gasteiger partial charge on any atom is -0.360 e. The van der Waals surface area contributed by atoms with E-state index in [9.17, 15) is 9.18 Å². The van der Waals surface area contributed by atoms with Crippen molar-refractivity contribution in [2.45, 2.75) is 19.4 Å². The van der Waals surface area contributed by atoms with Crippen molar-refractivity contribution in [1.29, 1.82) is 0 Å². The van der Waals surface area contributed by atoms with E-state index in [1.807, 2.05) is 54.7 Å². The molecule has 1 atom stereocenters. The molecule has 0 fully saturated rings. The van der Waals surface area contributed by atoms with Gasteiger partial charge in [0.1, 0.15) is 5.82 Å². The number of H-pyrrole nitrogens is 1.